The first kappa shape index (κ1) is 28.4. The highest BCUT2D eigenvalue weighted by atomic mass is 16.6. The van der Waals surface area contributed by atoms with Crippen LogP contribution in [-0.2, 0) is 22.6 Å². The molecule has 0 aliphatic carbocycles. The maximum Gasteiger partial charge on any atom is 0.411 e. The molecule has 0 aromatic heterocycles. The number of nitrogens with one attached hydrogen (secondary N) is 1. The van der Waals surface area contributed by atoms with E-state index in [1.807, 2.05) is 61.5 Å². The number of anilines is 1. The minimum atomic E-state index is -0.871. The van der Waals surface area contributed by atoms with E-state index >= 15 is 0 Å². The number of methoxy groups -OCH3 is 1. The Bertz CT molecular complexity index is 1550. The maximum atomic E-state index is 13.9. The summed E-state index contributed by atoms with van der Waals surface area (Å²) in [5.74, 6) is 0.0789. The third-order valence-corrected chi connectivity index (χ3v) is 7.28. The van der Waals surface area contributed by atoms with E-state index in [9.17, 15) is 14.4 Å². The topological polar surface area (TPSA) is 88.2 Å². The Kier molecular flexibility index (Phi) is 8.52. The number of hydrogen-bond acceptors (Lipinski definition) is 5. The van der Waals surface area contributed by atoms with Crippen LogP contribution in [0.2, 0.25) is 0 Å². The smallest absolute Gasteiger partial charge is 0.411 e. The summed E-state index contributed by atoms with van der Waals surface area (Å²) < 4.78 is 11.1. The number of likely N-dealkylation sites (N-methyl/N-ethyl adjacent to an activating group) is 1. The predicted molar refractivity (Wildman–Crippen MR) is 160 cm³/mol. The summed E-state index contributed by atoms with van der Waals surface area (Å²) in [7, 11) is 3.28. The van der Waals surface area contributed by atoms with Gasteiger partial charge in [-0.1, -0.05) is 78.4 Å². The van der Waals surface area contributed by atoms with E-state index in [4.69, 9.17) is 9.47 Å². The Morgan fingerprint density at radius 3 is 2.31 bits per heavy atom. The lowest BCUT2D eigenvalue weighted by atomic mass is 9.99. The molecular weight excluding hydrogens is 530 g/mol. The second kappa shape index (κ2) is 12.6. The molecule has 4 aromatic rings. The van der Waals surface area contributed by atoms with Crippen molar-refractivity contribution in [3.63, 3.8) is 0 Å². The lowest BCUT2D eigenvalue weighted by Crippen LogP contribution is -2.46. The molecule has 4 aromatic carbocycles. The molecule has 2 atom stereocenters. The molecule has 3 amide bonds. The zero-order chi connectivity index (χ0) is 29.6. The first-order chi connectivity index (χ1) is 20.3. The van der Waals surface area contributed by atoms with Crippen molar-refractivity contribution >= 4 is 23.6 Å². The van der Waals surface area contributed by atoms with E-state index in [-0.39, 0.29) is 18.4 Å². The van der Waals surface area contributed by atoms with Crippen LogP contribution in [0, 0.1) is 6.92 Å². The zero-order valence-corrected chi connectivity index (χ0v) is 23.8. The van der Waals surface area contributed by atoms with Gasteiger partial charge in [-0.15, -0.1) is 0 Å². The van der Waals surface area contributed by atoms with Gasteiger partial charge in [0.1, 0.15) is 5.75 Å². The van der Waals surface area contributed by atoms with Crippen molar-refractivity contribution in [2.24, 2.45) is 0 Å². The van der Waals surface area contributed by atoms with Gasteiger partial charge in [0.2, 0.25) is 5.91 Å². The summed E-state index contributed by atoms with van der Waals surface area (Å²) in [6.07, 6.45) is -1.38. The fraction of sp³-hybridized carbons (Fsp3) is 0.206. The molecule has 42 heavy (non-hydrogen) atoms. The first-order valence-electron chi connectivity index (χ1n) is 13.7. The molecule has 1 N–H and O–H groups in total. The highest BCUT2D eigenvalue weighted by Crippen LogP contribution is 2.35. The number of ether oxygens (including phenoxy) is 2. The van der Waals surface area contributed by atoms with Crippen molar-refractivity contribution in [1.29, 1.82) is 0 Å². The van der Waals surface area contributed by atoms with Crippen molar-refractivity contribution in [2.75, 3.05) is 19.5 Å². The molecule has 214 valence electrons. The average molecular weight is 564 g/mol. The van der Waals surface area contributed by atoms with Crippen LogP contribution in [0.15, 0.2) is 103 Å². The lowest BCUT2D eigenvalue weighted by Gasteiger charge is -2.28. The quantitative estimate of drug-likeness (QED) is 0.271. The fourth-order valence-electron chi connectivity index (χ4n) is 4.97. The molecular formula is C34H33N3O5. The van der Waals surface area contributed by atoms with Crippen LogP contribution >= 0.6 is 0 Å². The van der Waals surface area contributed by atoms with Gasteiger partial charge in [0.05, 0.1) is 13.7 Å². The number of carbonyl (C=O) groups is 3. The molecule has 8 heteroatoms. The van der Waals surface area contributed by atoms with E-state index in [1.165, 1.54) is 4.90 Å². The molecule has 2 unspecified atom stereocenters. The van der Waals surface area contributed by atoms with Crippen molar-refractivity contribution in [3.8, 4) is 5.75 Å². The van der Waals surface area contributed by atoms with Gasteiger partial charge >= 0.3 is 6.09 Å². The largest absolute Gasteiger partial charge is 0.497 e. The van der Waals surface area contributed by atoms with Gasteiger partial charge in [0, 0.05) is 24.8 Å². The summed E-state index contributed by atoms with van der Waals surface area (Å²) in [4.78, 5) is 43.1. The summed E-state index contributed by atoms with van der Waals surface area (Å²) in [6.45, 7) is 2.63. The average Bonchev–Trinajstić information content (AvgIpc) is 3.33. The Labute approximate surface area is 245 Å². The number of rotatable bonds is 9. The summed E-state index contributed by atoms with van der Waals surface area (Å²) in [5.41, 5.74) is 4.67. The van der Waals surface area contributed by atoms with E-state index in [2.05, 4.69) is 5.32 Å². The monoisotopic (exact) mass is 563 g/mol. The van der Waals surface area contributed by atoms with E-state index in [0.29, 0.717) is 29.1 Å². The Balaban J connectivity index is 1.38. The SMILES string of the molecule is COc1cccc(C(=O)Nc2ccc(C3OC(=O)N(Cc4ccc(C)cc4)C3C(=O)N(C)Cc3ccccc3)cc2)c1. The van der Waals surface area contributed by atoms with E-state index in [0.717, 1.165) is 16.7 Å². The highest BCUT2D eigenvalue weighted by Gasteiger charge is 2.48. The van der Waals surface area contributed by atoms with E-state index in [1.54, 1.807) is 67.6 Å². The molecule has 5 rings (SSSR count). The first-order valence-corrected chi connectivity index (χ1v) is 13.7. The van der Waals surface area contributed by atoms with Gasteiger partial charge in [0.25, 0.3) is 5.91 Å². The van der Waals surface area contributed by atoms with Crippen LogP contribution in [0.5, 0.6) is 5.75 Å². The van der Waals surface area contributed by atoms with Crippen molar-refractivity contribution in [3.05, 3.63) is 131 Å². The van der Waals surface area contributed by atoms with Gasteiger partial charge in [0.15, 0.2) is 12.1 Å². The molecule has 1 fully saturated rings. The van der Waals surface area contributed by atoms with Crippen LogP contribution in [-0.4, -0.2) is 47.9 Å². The van der Waals surface area contributed by atoms with Gasteiger partial charge in [-0.2, -0.15) is 0 Å². The fourth-order valence-corrected chi connectivity index (χ4v) is 4.97. The maximum absolute atomic E-state index is 13.9. The van der Waals surface area contributed by atoms with Crippen LogP contribution < -0.4 is 10.1 Å². The normalized spacial score (nSPS) is 16.1. The molecule has 1 heterocycles. The van der Waals surface area contributed by atoms with Gasteiger partial charge in [-0.25, -0.2) is 4.79 Å². The number of cyclic esters (lactones) is 1. The lowest BCUT2D eigenvalue weighted by molar-refractivity contribution is -0.136. The molecule has 1 saturated heterocycles. The molecule has 1 aliphatic heterocycles. The van der Waals surface area contributed by atoms with Crippen molar-refractivity contribution in [2.45, 2.75) is 32.2 Å². The number of benzene rings is 4. The molecule has 8 nitrogen and oxygen atoms in total. The highest BCUT2D eigenvalue weighted by molar-refractivity contribution is 6.04. The zero-order valence-electron chi connectivity index (χ0n) is 23.8. The summed E-state index contributed by atoms with van der Waals surface area (Å²) in [5, 5.41) is 2.87. The number of hydrogen-bond donors (Lipinski definition) is 1. The Morgan fingerprint density at radius 1 is 0.905 bits per heavy atom. The number of carbonyl (C=O) groups excluding carboxylic acids is 3. The van der Waals surface area contributed by atoms with Gasteiger partial charge in [-0.3, -0.25) is 14.5 Å². The molecule has 1 aliphatic rings. The van der Waals surface area contributed by atoms with Gasteiger partial charge in [-0.05, 0) is 53.9 Å². The van der Waals surface area contributed by atoms with Gasteiger partial charge < -0.3 is 19.7 Å². The Morgan fingerprint density at radius 2 is 1.62 bits per heavy atom. The third kappa shape index (κ3) is 6.44. The summed E-state index contributed by atoms with van der Waals surface area (Å²) >= 11 is 0. The van der Waals surface area contributed by atoms with Crippen LogP contribution in [0.25, 0.3) is 0 Å². The Hall–Kier alpha value is -5.11. The second-order valence-electron chi connectivity index (χ2n) is 10.4. The minimum absolute atomic E-state index is 0.225. The minimum Gasteiger partial charge on any atom is -0.497 e. The summed E-state index contributed by atoms with van der Waals surface area (Å²) in [6, 6.07) is 30.6. The second-order valence-corrected chi connectivity index (χ2v) is 10.4. The number of nitrogens with zero attached hydrogens (tertiary/aromatic N) is 2. The number of amides is 3. The van der Waals surface area contributed by atoms with Crippen molar-refractivity contribution in [1.82, 2.24) is 9.80 Å². The van der Waals surface area contributed by atoms with E-state index < -0.39 is 18.2 Å². The molecule has 0 radical (unpaired) electrons. The predicted octanol–water partition coefficient (Wildman–Crippen LogP) is 5.98. The third-order valence-electron chi connectivity index (χ3n) is 7.28. The molecule has 0 bridgehead atoms. The van der Waals surface area contributed by atoms with Crippen LogP contribution in [0.4, 0.5) is 10.5 Å². The van der Waals surface area contributed by atoms with Crippen molar-refractivity contribution < 1.29 is 23.9 Å². The molecule has 0 saturated carbocycles. The van der Waals surface area contributed by atoms with Crippen LogP contribution in [0.1, 0.15) is 38.7 Å². The number of aryl methyl sites for hydroxylation is 1. The van der Waals surface area contributed by atoms with Crippen LogP contribution in [0.3, 0.4) is 0 Å². The standard InChI is InChI=1S/C34H33N3O5/c1-23-12-14-25(15-13-23)22-37-30(33(39)36(2)21-24-8-5-4-6-9-24)31(42-34(37)40)26-16-18-28(19-17-26)35-32(38)27-10-7-11-29(20-27)41-3/h4-20,30-31H,21-22H2,1-3H3,(H,35,38). The molecule has 0 spiro atoms.